The van der Waals surface area contributed by atoms with Crippen LogP contribution in [0.25, 0.3) is 0 Å². The van der Waals surface area contributed by atoms with Crippen LogP contribution in [0, 0.1) is 12.8 Å². The van der Waals surface area contributed by atoms with Crippen molar-refractivity contribution >= 4 is 24.0 Å². The van der Waals surface area contributed by atoms with Gasteiger partial charge in [-0.2, -0.15) is 0 Å². The average molecular weight is 329 g/mol. The van der Waals surface area contributed by atoms with Gasteiger partial charge in [0.15, 0.2) is 0 Å². The molecule has 2 rings (SSSR count). The Balaban J connectivity index is 0.00000242. The summed E-state index contributed by atoms with van der Waals surface area (Å²) in [7, 11) is 0. The van der Waals surface area contributed by atoms with Crippen LogP contribution in [-0.2, 0) is 9.53 Å². The highest BCUT2D eigenvalue weighted by atomic mass is 35.5. The van der Waals surface area contributed by atoms with Crippen molar-refractivity contribution in [2.45, 2.75) is 32.7 Å². The van der Waals surface area contributed by atoms with E-state index in [-0.39, 0.29) is 18.3 Å². The minimum Gasteiger partial charge on any atom is -0.493 e. The van der Waals surface area contributed by atoms with Gasteiger partial charge in [0.1, 0.15) is 5.75 Å². The molecule has 1 amide bonds. The summed E-state index contributed by atoms with van der Waals surface area (Å²) in [6.45, 7) is 5.98. The van der Waals surface area contributed by atoms with Crippen molar-refractivity contribution in [1.29, 1.82) is 0 Å². The molecule has 6 heteroatoms. The van der Waals surface area contributed by atoms with Crippen molar-refractivity contribution in [1.82, 2.24) is 0 Å². The molecule has 0 bridgehead atoms. The van der Waals surface area contributed by atoms with Crippen LogP contribution in [0.1, 0.15) is 25.3 Å². The lowest BCUT2D eigenvalue weighted by molar-refractivity contribution is -0.117. The van der Waals surface area contributed by atoms with E-state index in [1.165, 1.54) is 0 Å². The van der Waals surface area contributed by atoms with Crippen LogP contribution < -0.4 is 15.8 Å². The van der Waals surface area contributed by atoms with E-state index < -0.39 is 6.04 Å². The molecule has 0 spiro atoms. The number of amides is 1. The van der Waals surface area contributed by atoms with Crippen LogP contribution in [0.3, 0.4) is 0 Å². The maximum Gasteiger partial charge on any atom is 0.241 e. The molecule has 1 saturated heterocycles. The van der Waals surface area contributed by atoms with Crippen molar-refractivity contribution in [2.24, 2.45) is 11.7 Å². The number of anilines is 1. The SMILES string of the molecule is Cc1ccc(NC(=O)[C@@H](C)N)cc1OCC1CCOCC1.Cl. The third-order valence-corrected chi connectivity index (χ3v) is 3.68. The largest absolute Gasteiger partial charge is 0.493 e. The van der Waals surface area contributed by atoms with Crippen molar-refractivity contribution in [3.63, 3.8) is 0 Å². The van der Waals surface area contributed by atoms with Gasteiger partial charge in [-0.15, -0.1) is 12.4 Å². The van der Waals surface area contributed by atoms with Gasteiger partial charge in [-0.05, 0) is 44.2 Å². The van der Waals surface area contributed by atoms with E-state index in [9.17, 15) is 4.79 Å². The third-order valence-electron chi connectivity index (χ3n) is 3.68. The van der Waals surface area contributed by atoms with E-state index in [0.717, 1.165) is 37.4 Å². The molecule has 0 aliphatic carbocycles. The maximum absolute atomic E-state index is 11.6. The number of hydrogen-bond donors (Lipinski definition) is 2. The molecule has 1 atom stereocenters. The molecule has 3 N–H and O–H groups in total. The van der Waals surface area contributed by atoms with Gasteiger partial charge in [0.2, 0.25) is 5.91 Å². The second-order valence-electron chi connectivity index (χ2n) is 5.62. The first kappa shape index (κ1) is 18.7. The summed E-state index contributed by atoms with van der Waals surface area (Å²) in [6, 6.07) is 5.13. The van der Waals surface area contributed by atoms with Gasteiger partial charge in [-0.1, -0.05) is 6.07 Å². The molecule has 0 unspecified atom stereocenters. The second kappa shape index (κ2) is 8.98. The molecule has 1 heterocycles. The van der Waals surface area contributed by atoms with Crippen LogP contribution in [0.4, 0.5) is 5.69 Å². The highest BCUT2D eigenvalue weighted by Gasteiger charge is 2.15. The predicted octanol–water partition coefficient (Wildman–Crippen LogP) is 2.51. The number of hydrogen-bond acceptors (Lipinski definition) is 4. The zero-order valence-electron chi connectivity index (χ0n) is 13.1. The van der Waals surface area contributed by atoms with Gasteiger partial charge >= 0.3 is 0 Å². The monoisotopic (exact) mass is 328 g/mol. The van der Waals surface area contributed by atoms with E-state index in [4.69, 9.17) is 15.2 Å². The third kappa shape index (κ3) is 5.48. The van der Waals surface area contributed by atoms with E-state index >= 15 is 0 Å². The number of nitrogens with one attached hydrogen (secondary N) is 1. The molecule has 124 valence electrons. The van der Waals surface area contributed by atoms with E-state index in [0.29, 0.717) is 18.2 Å². The van der Waals surface area contributed by atoms with Crippen molar-refractivity contribution in [3.8, 4) is 5.75 Å². The molecule has 0 aromatic heterocycles. The summed E-state index contributed by atoms with van der Waals surface area (Å²) in [6.07, 6.45) is 2.08. The number of ether oxygens (including phenoxy) is 2. The highest BCUT2D eigenvalue weighted by Crippen LogP contribution is 2.24. The number of benzene rings is 1. The van der Waals surface area contributed by atoms with Crippen molar-refractivity contribution in [2.75, 3.05) is 25.1 Å². The molecule has 1 fully saturated rings. The lowest BCUT2D eigenvalue weighted by Crippen LogP contribution is -2.32. The molecule has 1 aromatic rings. The van der Waals surface area contributed by atoms with E-state index in [1.54, 1.807) is 6.92 Å². The Morgan fingerprint density at radius 3 is 2.77 bits per heavy atom. The van der Waals surface area contributed by atoms with E-state index in [1.807, 2.05) is 25.1 Å². The lowest BCUT2D eigenvalue weighted by Gasteiger charge is -2.22. The van der Waals surface area contributed by atoms with Crippen molar-refractivity contribution in [3.05, 3.63) is 23.8 Å². The van der Waals surface area contributed by atoms with Gasteiger partial charge < -0.3 is 20.5 Å². The smallest absolute Gasteiger partial charge is 0.241 e. The molecular formula is C16H25ClN2O3. The number of carbonyl (C=O) groups is 1. The molecule has 1 aromatic carbocycles. The fourth-order valence-corrected chi connectivity index (χ4v) is 2.21. The van der Waals surface area contributed by atoms with Crippen LogP contribution >= 0.6 is 12.4 Å². The summed E-state index contributed by atoms with van der Waals surface area (Å²) < 4.78 is 11.3. The number of halogens is 1. The van der Waals surface area contributed by atoms with E-state index in [2.05, 4.69) is 5.32 Å². The Morgan fingerprint density at radius 1 is 1.45 bits per heavy atom. The number of aryl methyl sites for hydroxylation is 1. The van der Waals surface area contributed by atoms with Crippen LogP contribution in [0.15, 0.2) is 18.2 Å². The molecular weight excluding hydrogens is 304 g/mol. The quantitative estimate of drug-likeness (QED) is 0.871. The minimum absolute atomic E-state index is 0. The Morgan fingerprint density at radius 2 is 2.14 bits per heavy atom. The fourth-order valence-electron chi connectivity index (χ4n) is 2.21. The first-order valence-electron chi connectivity index (χ1n) is 7.44. The molecule has 0 radical (unpaired) electrons. The molecule has 5 nitrogen and oxygen atoms in total. The van der Waals surface area contributed by atoms with Gasteiger partial charge in [-0.3, -0.25) is 4.79 Å². The normalized spacial score (nSPS) is 16.5. The maximum atomic E-state index is 11.6. The molecule has 1 aliphatic heterocycles. The Hall–Kier alpha value is -1.30. The number of carbonyl (C=O) groups excluding carboxylic acids is 1. The Bertz CT molecular complexity index is 488. The summed E-state index contributed by atoms with van der Waals surface area (Å²) in [4.78, 5) is 11.6. The molecule has 22 heavy (non-hydrogen) atoms. The minimum atomic E-state index is -0.530. The number of nitrogens with two attached hydrogens (primary N) is 1. The van der Waals surface area contributed by atoms with Crippen LogP contribution in [0.2, 0.25) is 0 Å². The Kier molecular flexibility index (Phi) is 7.65. The molecule has 0 saturated carbocycles. The Labute approximate surface area is 138 Å². The van der Waals surface area contributed by atoms with Crippen LogP contribution in [-0.4, -0.2) is 31.8 Å². The van der Waals surface area contributed by atoms with Gasteiger partial charge in [0, 0.05) is 25.0 Å². The number of rotatable bonds is 5. The summed E-state index contributed by atoms with van der Waals surface area (Å²) in [5.74, 6) is 1.15. The molecule has 1 aliphatic rings. The first-order valence-corrected chi connectivity index (χ1v) is 7.44. The first-order chi connectivity index (χ1) is 10.1. The average Bonchev–Trinajstić information content (AvgIpc) is 2.48. The lowest BCUT2D eigenvalue weighted by atomic mass is 10.0. The zero-order chi connectivity index (χ0) is 15.2. The van der Waals surface area contributed by atoms with Gasteiger partial charge in [0.05, 0.1) is 12.6 Å². The summed E-state index contributed by atoms with van der Waals surface area (Å²) >= 11 is 0. The van der Waals surface area contributed by atoms with Gasteiger partial charge in [0.25, 0.3) is 0 Å². The second-order valence-corrected chi connectivity index (χ2v) is 5.62. The topological polar surface area (TPSA) is 73.6 Å². The summed E-state index contributed by atoms with van der Waals surface area (Å²) in [5.41, 5.74) is 7.32. The predicted molar refractivity (Wildman–Crippen MR) is 89.7 cm³/mol. The zero-order valence-corrected chi connectivity index (χ0v) is 13.9. The van der Waals surface area contributed by atoms with Gasteiger partial charge in [-0.25, -0.2) is 0 Å². The van der Waals surface area contributed by atoms with Crippen molar-refractivity contribution < 1.29 is 14.3 Å². The summed E-state index contributed by atoms with van der Waals surface area (Å²) in [5, 5.41) is 2.78. The standard InChI is InChI=1S/C16H24N2O3.ClH/c1-11-3-4-14(18-16(19)12(2)17)9-15(11)21-10-13-5-7-20-8-6-13;/h3-4,9,12-13H,5-8,10,17H2,1-2H3,(H,18,19);1H/t12-;/m1./s1. The van der Waals surface area contributed by atoms with Crippen LogP contribution in [0.5, 0.6) is 5.75 Å². The highest BCUT2D eigenvalue weighted by molar-refractivity contribution is 5.94. The fraction of sp³-hybridized carbons (Fsp3) is 0.562.